The highest BCUT2D eigenvalue weighted by atomic mass is 32.1. The smallest absolute Gasteiger partial charge is 0.179 e. The van der Waals surface area contributed by atoms with Gasteiger partial charge in [-0.3, -0.25) is 9.47 Å². The van der Waals surface area contributed by atoms with E-state index >= 15 is 0 Å². The fourth-order valence-electron chi connectivity index (χ4n) is 3.97. The fraction of sp³-hybridized carbons (Fsp3) is 0.600. The Morgan fingerprint density at radius 3 is 3.05 bits per heavy atom. The maximum absolute atomic E-state index is 5.59. The van der Waals surface area contributed by atoms with Gasteiger partial charge in [0.2, 0.25) is 0 Å². The molecule has 2 aliphatic heterocycles. The predicted molar refractivity (Wildman–Crippen MR) is 82.5 cm³/mol. The Hall–Kier alpha value is -1.20. The topological polar surface area (TPSA) is 36.9 Å². The van der Waals surface area contributed by atoms with Gasteiger partial charge in [-0.05, 0) is 56.6 Å². The van der Waals surface area contributed by atoms with Crippen LogP contribution >= 0.6 is 12.2 Å². The normalized spacial score (nSPS) is 27.1. The molecule has 106 valence electrons. The Kier molecular flexibility index (Phi) is 2.93. The van der Waals surface area contributed by atoms with E-state index in [0.29, 0.717) is 12.1 Å². The average molecular weight is 288 g/mol. The van der Waals surface area contributed by atoms with Crippen LogP contribution in [0.2, 0.25) is 0 Å². The van der Waals surface area contributed by atoms with E-state index in [9.17, 15) is 0 Å². The molecule has 0 saturated carbocycles. The van der Waals surface area contributed by atoms with Gasteiger partial charge in [0.05, 0.1) is 11.6 Å². The SMILES string of the molecule is Cc1ccnc2c1[nH]c(=S)n2C1CCN2CCCCC12. The van der Waals surface area contributed by atoms with Crippen LogP contribution in [0.15, 0.2) is 12.3 Å². The van der Waals surface area contributed by atoms with Gasteiger partial charge in [-0.1, -0.05) is 6.42 Å². The number of hydrogen-bond donors (Lipinski definition) is 1. The summed E-state index contributed by atoms with van der Waals surface area (Å²) >= 11 is 5.59. The Labute approximate surface area is 123 Å². The maximum Gasteiger partial charge on any atom is 0.179 e. The van der Waals surface area contributed by atoms with Crippen LogP contribution in [0.4, 0.5) is 0 Å². The molecule has 0 aliphatic carbocycles. The van der Waals surface area contributed by atoms with Crippen molar-refractivity contribution < 1.29 is 0 Å². The molecule has 5 heteroatoms. The van der Waals surface area contributed by atoms with Gasteiger partial charge in [0.25, 0.3) is 0 Å². The highest BCUT2D eigenvalue weighted by Gasteiger charge is 2.37. The molecule has 2 aliphatic rings. The molecule has 2 aromatic heterocycles. The second-order valence-corrected chi connectivity index (χ2v) is 6.47. The summed E-state index contributed by atoms with van der Waals surface area (Å²) in [6, 6.07) is 3.18. The highest BCUT2D eigenvalue weighted by Crippen LogP contribution is 2.36. The molecule has 2 saturated heterocycles. The Morgan fingerprint density at radius 2 is 2.15 bits per heavy atom. The molecule has 4 rings (SSSR count). The third kappa shape index (κ3) is 1.76. The lowest BCUT2D eigenvalue weighted by atomic mass is 9.99. The van der Waals surface area contributed by atoms with Crippen LogP contribution in [-0.2, 0) is 0 Å². The van der Waals surface area contributed by atoms with Crippen molar-refractivity contribution >= 4 is 23.4 Å². The van der Waals surface area contributed by atoms with E-state index in [0.717, 1.165) is 15.9 Å². The second-order valence-electron chi connectivity index (χ2n) is 6.08. The van der Waals surface area contributed by atoms with Gasteiger partial charge in [0.1, 0.15) is 0 Å². The summed E-state index contributed by atoms with van der Waals surface area (Å²) < 4.78 is 3.12. The molecular formula is C15H20N4S. The van der Waals surface area contributed by atoms with Crippen molar-refractivity contribution in [2.75, 3.05) is 13.1 Å². The van der Waals surface area contributed by atoms with E-state index in [-0.39, 0.29) is 0 Å². The van der Waals surface area contributed by atoms with Gasteiger partial charge in [-0.25, -0.2) is 4.98 Å². The molecule has 2 aromatic rings. The number of imidazole rings is 1. The number of nitrogens with zero attached hydrogens (tertiary/aromatic N) is 3. The van der Waals surface area contributed by atoms with Crippen LogP contribution in [0.25, 0.3) is 11.2 Å². The fourth-order valence-corrected chi connectivity index (χ4v) is 4.30. The lowest BCUT2D eigenvalue weighted by Crippen LogP contribution is -2.37. The van der Waals surface area contributed by atoms with E-state index in [4.69, 9.17) is 12.2 Å². The van der Waals surface area contributed by atoms with Crippen LogP contribution in [0.1, 0.15) is 37.3 Å². The molecule has 20 heavy (non-hydrogen) atoms. The largest absolute Gasteiger partial charge is 0.329 e. The van der Waals surface area contributed by atoms with Gasteiger partial charge in [0, 0.05) is 18.8 Å². The first-order valence-corrected chi connectivity index (χ1v) is 7.96. The number of H-pyrrole nitrogens is 1. The summed E-state index contributed by atoms with van der Waals surface area (Å²) in [5, 5.41) is 0. The van der Waals surface area contributed by atoms with Gasteiger partial charge in [0.15, 0.2) is 10.4 Å². The van der Waals surface area contributed by atoms with Crippen molar-refractivity contribution in [3.63, 3.8) is 0 Å². The average Bonchev–Trinajstić information content (AvgIpc) is 3.00. The number of rotatable bonds is 1. The first kappa shape index (κ1) is 12.5. The minimum Gasteiger partial charge on any atom is -0.329 e. The molecule has 0 bridgehead atoms. The molecule has 0 aromatic carbocycles. The zero-order valence-electron chi connectivity index (χ0n) is 11.8. The number of aryl methyl sites for hydroxylation is 1. The summed E-state index contributed by atoms with van der Waals surface area (Å²) in [6.07, 6.45) is 7.08. The number of aromatic amines is 1. The summed E-state index contributed by atoms with van der Waals surface area (Å²) in [6.45, 7) is 4.57. The van der Waals surface area contributed by atoms with Crippen LogP contribution in [0.5, 0.6) is 0 Å². The molecule has 1 N–H and O–H groups in total. The molecule has 2 unspecified atom stereocenters. The second kappa shape index (κ2) is 4.67. The molecule has 4 heterocycles. The van der Waals surface area contributed by atoms with E-state index in [1.165, 1.54) is 44.3 Å². The minimum absolute atomic E-state index is 0.492. The van der Waals surface area contributed by atoms with E-state index in [1.807, 2.05) is 12.3 Å². The molecule has 4 nitrogen and oxygen atoms in total. The van der Waals surface area contributed by atoms with Crippen molar-refractivity contribution in [3.05, 3.63) is 22.6 Å². The van der Waals surface area contributed by atoms with Gasteiger partial charge in [-0.15, -0.1) is 0 Å². The first-order chi connectivity index (χ1) is 9.75. The van der Waals surface area contributed by atoms with Crippen molar-refractivity contribution in [1.82, 2.24) is 19.4 Å². The third-order valence-corrected chi connectivity index (χ3v) is 5.27. The van der Waals surface area contributed by atoms with E-state index in [2.05, 4.69) is 26.4 Å². The number of piperidine rings is 1. The van der Waals surface area contributed by atoms with Crippen molar-refractivity contribution in [2.24, 2.45) is 0 Å². The summed E-state index contributed by atoms with van der Waals surface area (Å²) in [4.78, 5) is 10.6. The van der Waals surface area contributed by atoms with Crippen LogP contribution in [-0.4, -0.2) is 38.6 Å². The van der Waals surface area contributed by atoms with Gasteiger partial charge in [-0.2, -0.15) is 0 Å². The van der Waals surface area contributed by atoms with Crippen molar-refractivity contribution in [2.45, 2.75) is 44.7 Å². The summed E-state index contributed by atoms with van der Waals surface area (Å²) in [5.74, 6) is 0. The molecule has 0 spiro atoms. The predicted octanol–water partition coefficient (Wildman–Crippen LogP) is 3.20. The highest BCUT2D eigenvalue weighted by molar-refractivity contribution is 7.71. The summed E-state index contributed by atoms with van der Waals surface area (Å²) in [5.41, 5.74) is 3.36. The number of aromatic nitrogens is 3. The Balaban J connectivity index is 1.84. The quantitative estimate of drug-likeness (QED) is 0.819. The third-order valence-electron chi connectivity index (χ3n) is 4.97. The number of hydrogen-bond acceptors (Lipinski definition) is 3. The lowest BCUT2D eigenvalue weighted by molar-refractivity contribution is 0.174. The van der Waals surface area contributed by atoms with Crippen LogP contribution in [0.3, 0.4) is 0 Å². The van der Waals surface area contributed by atoms with E-state index in [1.54, 1.807) is 0 Å². The monoisotopic (exact) mass is 288 g/mol. The maximum atomic E-state index is 5.59. The summed E-state index contributed by atoms with van der Waals surface area (Å²) in [7, 11) is 0. The van der Waals surface area contributed by atoms with Crippen molar-refractivity contribution in [3.8, 4) is 0 Å². The zero-order valence-corrected chi connectivity index (χ0v) is 12.6. The molecule has 2 fully saturated rings. The molecular weight excluding hydrogens is 268 g/mol. The van der Waals surface area contributed by atoms with E-state index < -0.39 is 0 Å². The number of nitrogens with one attached hydrogen (secondary N) is 1. The molecule has 0 radical (unpaired) electrons. The van der Waals surface area contributed by atoms with Crippen molar-refractivity contribution in [1.29, 1.82) is 0 Å². The Morgan fingerprint density at radius 1 is 1.25 bits per heavy atom. The molecule has 2 atom stereocenters. The number of pyridine rings is 1. The van der Waals surface area contributed by atoms with Crippen LogP contribution in [0, 0.1) is 11.7 Å². The molecule has 0 amide bonds. The van der Waals surface area contributed by atoms with Gasteiger partial charge < -0.3 is 4.98 Å². The lowest BCUT2D eigenvalue weighted by Gasteiger charge is -2.32. The number of fused-ring (bicyclic) bond motifs is 2. The first-order valence-electron chi connectivity index (χ1n) is 7.55. The van der Waals surface area contributed by atoms with Gasteiger partial charge >= 0.3 is 0 Å². The Bertz CT molecular complexity index is 701. The standard InChI is InChI=1S/C15H20N4S/c1-10-5-7-16-14-13(10)17-15(20)19(14)12-6-9-18-8-3-2-4-11(12)18/h5,7,11-12H,2-4,6,8-9H2,1H3,(H,17,20). The van der Waals surface area contributed by atoms with Crippen LogP contribution < -0.4 is 0 Å². The zero-order chi connectivity index (χ0) is 13.7. The minimum atomic E-state index is 0.492.